The van der Waals surface area contributed by atoms with Gasteiger partial charge in [0.05, 0.1) is 23.7 Å². The molecular weight excluding hydrogens is 496 g/mol. The van der Waals surface area contributed by atoms with Gasteiger partial charge in [-0.2, -0.15) is 0 Å². The fourth-order valence-corrected chi connectivity index (χ4v) is 4.42. The number of nitrogen functional groups attached to an aromatic ring is 1. The molecular formula is C29H34N6O4. The number of nitrogens with one attached hydrogen (secondary N) is 3. The van der Waals surface area contributed by atoms with Crippen LogP contribution in [0.2, 0.25) is 0 Å². The molecule has 6 N–H and O–H groups in total. The highest BCUT2D eigenvalue weighted by Crippen LogP contribution is 2.25. The standard InChI is InChI=1S/C29H34N6O4/c1-4-35(5-2)21-13-10-18(11-14-21)27(37)34-25(19-8-7-9-22(16-19)39-6-3)26(36)28(38)31-20-12-15-23-24(17-20)33-29(30)32-23/h7-17,25-26,36H,4-6H2,1-3H3,(H,31,38)(H,34,37)(H3,30,32,33). The molecule has 0 saturated carbocycles. The Kier molecular flexibility index (Phi) is 8.67. The van der Waals surface area contributed by atoms with Gasteiger partial charge in [0.1, 0.15) is 5.75 Å². The third-order valence-corrected chi connectivity index (χ3v) is 6.42. The first-order valence-electron chi connectivity index (χ1n) is 13.0. The molecule has 4 rings (SSSR count). The molecule has 1 heterocycles. The maximum atomic E-state index is 13.3. The molecule has 1 aromatic heterocycles. The van der Waals surface area contributed by atoms with Crippen molar-refractivity contribution in [3.63, 3.8) is 0 Å². The highest BCUT2D eigenvalue weighted by atomic mass is 16.5. The molecule has 2 atom stereocenters. The van der Waals surface area contributed by atoms with Crippen LogP contribution >= 0.6 is 0 Å². The number of fused-ring (bicyclic) bond motifs is 1. The van der Waals surface area contributed by atoms with Gasteiger partial charge in [0.25, 0.3) is 11.8 Å². The summed E-state index contributed by atoms with van der Waals surface area (Å²) in [5, 5.41) is 16.7. The molecule has 0 aliphatic rings. The molecule has 0 spiro atoms. The van der Waals surface area contributed by atoms with Gasteiger partial charge in [-0.05, 0) is 80.9 Å². The van der Waals surface area contributed by atoms with Crippen LogP contribution in [0.25, 0.3) is 11.0 Å². The van der Waals surface area contributed by atoms with Crippen molar-refractivity contribution in [1.82, 2.24) is 15.3 Å². The van der Waals surface area contributed by atoms with E-state index >= 15 is 0 Å². The molecule has 0 saturated heterocycles. The van der Waals surface area contributed by atoms with E-state index < -0.39 is 24.0 Å². The number of anilines is 3. The van der Waals surface area contributed by atoms with Crippen molar-refractivity contribution in [1.29, 1.82) is 0 Å². The highest BCUT2D eigenvalue weighted by molar-refractivity contribution is 5.98. The summed E-state index contributed by atoms with van der Waals surface area (Å²) in [6, 6.07) is 18.2. The van der Waals surface area contributed by atoms with Gasteiger partial charge in [-0.1, -0.05) is 12.1 Å². The fraction of sp³-hybridized carbons (Fsp3) is 0.276. The lowest BCUT2D eigenvalue weighted by molar-refractivity contribution is -0.125. The summed E-state index contributed by atoms with van der Waals surface area (Å²) in [5.41, 5.74) is 9.38. The number of aromatic amines is 1. The largest absolute Gasteiger partial charge is 0.494 e. The number of carbonyl (C=O) groups is 2. The Morgan fingerprint density at radius 3 is 2.49 bits per heavy atom. The first-order valence-corrected chi connectivity index (χ1v) is 13.0. The summed E-state index contributed by atoms with van der Waals surface area (Å²) in [6.45, 7) is 8.15. The van der Waals surface area contributed by atoms with Crippen molar-refractivity contribution in [3.8, 4) is 5.75 Å². The summed E-state index contributed by atoms with van der Waals surface area (Å²) < 4.78 is 5.60. The SMILES string of the molecule is CCOc1cccc(C(NC(=O)c2ccc(N(CC)CC)cc2)C(O)C(=O)Nc2ccc3nc(N)[nH]c3c2)c1. The number of aliphatic hydroxyl groups is 1. The molecule has 0 radical (unpaired) electrons. The van der Waals surface area contributed by atoms with Gasteiger partial charge in [0, 0.05) is 30.0 Å². The Bertz CT molecular complexity index is 1430. The van der Waals surface area contributed by atoms with Crippen LogP contribution in [0.5, 0.6) is 5.75 Å². The van der Waals surface area contributed by atoms with Gasteiger partial charge >= 0.3 is 0 Å². The maximum absolute atomic E-state index is 13.3. The minimum atomic E-state index is -1.61. The summed E-state index contributed by atoms with van der Waals surface area (Å²) in [5.74, 6) is -0.289. The number of carbonyl (C=O) groups excluding carboxylic acids is 2. The van der Waals surface area contributed by atoms with Gasteiger partial charge in [-0.25, -0.2) is 4.98 Å². The molecule has 0 fully saturated rings. The molecule has 4 aromatic rings. The quantitative estimate of drug-likeness (QED) is 0.198. The number of hydrogen-bond donors (Lipinski definition) is 5. The number of H-pyrrole nitrogens is 1. The lowest BCUT2D eigenvalue weighted by Gasteiger charge is -2.25. The molecule has 10 heteroatoms. The van der Waals surface area contributed by atoms with Gasteiger partial charge in [-0.3, -0.25) is 9.59 Å². The van der Waals surface area contributed by atoms with Crippen LogP contribution in [0, 0.1) is 0 Å². The molecule has 0 aliphatic carbocycles. The van der Waals surface area contributed by atoms with Crippen molar-refractivity contribution in [2.24, 2.45) is 0 Å². The second-order valence-corrected chi connectivity index (χ2v) is 8.96. The number of hydrogen-bond acceptors (Lipinski definition) is 7. The van der Waals surface area contributed by atoms with Crippen molar-refractivity contribution < 1.29 is 19.4 Å². The number of amides is 2. The van der Waals surface area contributed by atoms with E-state index in [0.29, 0.717) is 40.2 Å². The van der Waals surface area contributed by atoms with Gasteiger partial charge in [0.15, 0.2) is 12.1 Å². The zero-order valence-corrected chi connectivity index (χ0v) is 22.3. The lowest BCUT2D eigenvalue weighted by Crippen LogP contribution is -2.42. The predicted octanol–water partition coefficient (Wildman–Crippen LogP) is 3.86. The zero-order valence-electron chi connectivity index (χ0n) is 22.3. The Morgan fingerprint density at radius 2 is 1.79 bits per heavy atom. The van der Waals surface area contributed by atoms with E-state index in [-0.39, 0.29) is 5.95 Å². The molecule has 0 bridgehead atoms. The van der Waals surface area contributed by atoms with Crippen molar-refractivity contribution in [2.75, 3.05) is 35.6 Å². The minimum Gasteiger partial charge on any atom is -0.494 e. The van der Waals surface area contributed by atoms with E-state index in [9.17, 15) is 14.7 Å². The number of nitrogens with zero attached hydrogens (tertiary/aromatic N) is 2. The Balaban J connectivity index is 1.58. The molecule has 204 valence electrons. The first kappa shape index (κ1) is 27.5. The predicted molar refractivity (Wildman–Crippen MR) is 153 cm³/mol. The second-order valence-electron chi connectivity index (χ2n) is 8.96. The third-order valence-electron chi connectivity index (χ3n) is 6.42. The number of imidazole rings is 1. The number of benzene rings is 3. The topological polar surface area (TPSA) is 146 Å². The van der Waals surface area contributed by atoms with Crippen LogP contribution in [0.1, 0.15) is 42.7 Å². The normalized spacial score (nSPS) is 12.5. The minimum absolute atomic E-state index is 0.260. The van der Waals surface area contributed by atoms with Gasteiger partial charge < -0.3 is 36.1 Å². The zero-order chi connectivity index (χ0) is 27.9. The summed E-state index contributed by atoms with van der Waals surface area (Å²) in [4.78, 5) is 35.7. The van der Waals surface area contributed by atoms with Crippen LogP contribution in [-0.2, 0) is 4.79 Å². The first-order chi connectivity index (χ1) is 18.8. The van der Waals surface area contributed by atoms with Crippen LogP contribution < -0.4 is 26.0 Å². The summed E-state index contributed by atoms with van der Waals surface area (Å²) in [6.07, 6.45) is -1.61. The van der Waals surface area contributed by atoms with Gasteiger partial charge in [-0.15, -0.1) is 0 Å². The van der Waals surface area contributed by atoms with Crippen LogP contribution in [0.3, 0.4) is 0 Å². The highest BCUT2D eigenvalue weighted by Gasteiger charge is 2.30. The van der Waals surface area contributed by atoms with Crippen LogP contribution in [-0.4, -0.2) is 52.7 Å². The van der Waals surface area contributed by atoms with Crippen LogP contribution in [0.4, 0.5) is 17.3 Å². The molecule has 2 unspecified atom stereocenters. The van der Waals surface area contributed by atoms with E-state index in [4.69, 9.17) is 10.5 Å². The van der Waals surface area contributed by atoms with E-state index in [1.54, 1.807) is 54.6 Å². The van der Waals surface area contributed by atoms with E-state index in [2.05, 4.69) is 39.3 Å². The Labute approximate surface area is 227 Å². The number of nitrogens with two attached hydrogens (primary N) is 1. The monoisotopic (exact) mass is 530 g/mol. The lowest BCUT2D eigenvalue weighted by atomic mass is 9.99. The number of rotatable bonds is 11. The van der Waals surface area contributed by atoms with Gasteiger partial charge in [0.2, 0.25) is 0 Å². The van der Waals surface area contributed by atoms with Crippen molar-refractivity contribution >= 4 is 40.2 Å². The van der Waals surface area contributed by atoms with Crippen molar-refractivity contribution in [3.05, 3.63) is 77.9 Å². The Morgan fingerprint density at radius 1 is 1.05 bits per heavy atom. The van der Waals surface area contributed by atoms with E-state index in [1.165, 1.54) is 0 Å². The number of ether oxygens (including phenoxy) is 1. The molecule has 0 aliphatic heterocycles. The summed E-state index contributed by atoms with van der Waals surface area (Å²) >= 11 is 0. The Hall–Kier alpha value is -4.57. The smallest absolute Gasteiger partial charge is 0.255 e. The second kappa shape index (κ2) is 12.3. The molecule has 2 amide bonds. The molecule has 39 heavy (non-hydrogen) atoms. The number of aliphatic hydroxyl groups excluding tert-OH is 1. The average Bonchev–Trinajstić information content (AvgIpc) is 3.32. The van der Waals surface area contributed by atoms with E-state index in [1.807, 2.05) is 19.1 Å². The van der Waals surface area contributed by atoms with Crippen molar-refractivity contribution in [2.45, 2.75) is 32.9 Å². The molecule has 3 aromatic carbocycles. The average molecular weight is 531 g/mol. The molecule has 10 nitrogen and oxygen atoms in total. The maximum Gasteiger partial charge on any atom is 0.255 e. The van der Waals surface area contributed by atoms with E-state index in [0.717, 1.165) is 18.8 Å². The number of aromatic nitrogens is 2. The fourth-order valence-electron chi connectivity index (χ4n) is 4.42. The van der Waals surface area contributed by atoms with Crippen LogP contribution in [0.15, 0.2) is 66.7 Å². The third kappa shape index (κ3) is 6.47. The summed E-state index contributed by atoms with van der Waals surface area (Å²) in [7, 11) is 0.